The summed E-state index contributed by atoms with van der Waals surface area (Å²) in [4.78, 5) is 0. The summed E-state index contributed by atoms with van der Waals surface area (Å²) < 4.78 is 1.96. The quantitative estimate of drug-likeness (QED) is 0.865. The Bertz CT molecular complexity index is 447. The van der Waals surface area contributed by atoms with Gasteiger partial charge in [-0.1, -0.05) is 13.3 Å². The van der Waals surface area contributed by atoms with E-state index in [1.807, 2.05) is 17.7 Å². The van der Waals surface area contributed by atoms with Crippen molar-refractivity contribution >= 4 is 0 Å². The molecule has 0 aliphatic heterocycles. The molecule has 0 saturated heterocycles. The van der Waals surface area contributed by atoms with E-state index < -0.39 is 0 Å². The first-order chi connectivity index (χ1) is 8.06. The van der Waals surface area contributed by atoms with E-state index in [4.69, 9.17) is 5.26 Å². The average Bonchev–Trinajstić information content (AvgIpc) is 2.54. The van der Waals surface area contributed by atoms with Gasteiger partial charge in [-0.25, -0.2) is 0 Å². The second kappa shape index (κ2) is 4.54. The summed E-state index contributed by atoms with van der Waals surface area (Å²) in [7, 11) is 1.95. The van der Waals surface area contributed by atoms with Crippen LogP contribution in [0.3, 0.4) is 0 Å². The topological polar surface area (TPSA) is 40.8 Å². The van der Waals surface area contributed by atoms with Crippen molar-refractivity contribution in [2.24, 2.45) is 12.5 Å². The van der Waals surface area contributed by atoms with Crippen LogP contribution in [0, 0.1) is 23.7 Å². The number of nitriles is 1. The lowest BCUT2D eigenvalue weighted by molar-refractivity contribution is 0.156. The first kappa shape index (κ1) is 12.2. The molecular weight excluding hydrogens is 210 g/mol. The second-order valence-corrected chi connectivity index (χ2v) is 5.58. The maximum atomic E-state index is 8.97. The third kappa shape index (κ3) is 2.37. The van der Waals surface area contributed by atoms with E-state index in [2.05, 4.69) is 25.2 Å². The predicted molar refractivity (Wildman–Crippen MR) is 68.5 cm³/mol. The monoisotopic (exact) mass is 231 g/mol. The Kier molecular flexibility index (Phi) is 3.26. The van der Waals surface area contributed by atoms with Crippen LogP contribution in [-0.4, -0.2) is 11.1 Å². The van der Waals surface area contributed by atoms with Crippen LogP contribution in [0.15, 0.2) is 6.07 Å². The van der Waals surface area contributed by atoms with E-state index in [9.17, 15) is 0 Å². The number of hydrogen-bond donors (Lipinski definition) is 1. The lowest BCUT2D eigenvalue weighted by atomic mass is 9.70. The van der Waals surface area contributed by atoms with Crippen molar-refractivity contribution in [3.05, 3.63) is 23.0 Å². The third-order valence-electron chi connectivity index (χ3n) is 4.18. The fourth-order valence-electron chi connectivity index (χ4n) is 2.50. The van der Waals surface area contributed by atoms with Crippen molar-refractivity contribution in [3.8, 4) is 6.07 Å². The van der Waals surface area contributed by atoms with E-state index in [1.165, 1.54) is 30.5 Å². The summed E-state index contributed by atoms with van der Waals surface area (Å²) in [5.74, 6) is 0. The molecular formula is C14H21N3. The largest absolute Gasteiger partial charge is 0.340 e. The van der Waals surface area contributed by atoms with Crippen molar-refractivity contribution in [2.75, 3.05) is 6.54 Å². The van der Waals surface area contributed by atoms with Crippen LogP contribution in [0.25, 0.3) is 0 Å². The first-order valence-corrected chi connectivity index (χ1v) is 6.32. The normalized spacial score (nSPS) is 17.5. The minimum atomic E-state index is 0.515. The van der Waals surface area contributed by atoms with E-state index >= 15 is 0 Å². The second-order valence-electron chi connectivity index (χ2n) is 5.58. The molecule has 0 unspecified atom stereocenters. The molecule has 1 fully saturated rings. The maximum Gasteiger partial charge on any atom is 0.120 e. The Morgan fingerprint density at radius 1 is 1.53 bits per heavy atom. The summed E-state index contributed by atoms with van der Waals surface area (Å²) in [5, 5.41) is 12.5. The van der Waals surface area contributed by atoms with Crippen LogP contribution in [-0.2, 0) is 13.6 Å². The lowest BCUT2D eigenvalue weighted by Crippen LogP contribution is -2.37. The highest BCUT2D eigenvalue weighted by Crippen LogP contribution is 2.39. The summed E-state index contributed by atoms with van der Waals surface area (Å²) in [6.07, 6.45) is 4.07. The Hall–Kier alpha value is -1.27. The molecule has 1 saturated carbocycles. The number of aromatic nitrogens is 1. The number of nitrogens with one attached hydrogen (secondary N) is 1. The van der Waals surface area contributed by atoms with Gasteiger partial charge in [-0.2, -0.15) is 5.26 Å². The van der Waals surface area contributed by atoms with Gasteiger partial charge in [0.15, 0.2) is 0 Å². The summed E-state index contributed by atoms with van der Waals surface area (Å²) >= 11 is 0. The Morgan fingerprint density at radius 3 is 2.71 bits per heavy atom. The molecule has 1 aromatic heterocycles. The SMILES string of the molecule is Cc1c(CNCC2(C)CCC2)cc(C#N)n1C. The average molecular weight is 231 g/mol. The van der Waals surface area contributed by atoms with E-state index in [-0.39, 0.29) is 0 Å². The van der Waals surface area contributed by atoms with Gasteiger partial charge < -0.3 is 9.88 Å². The van der Waals surface area contributed by atoms with Crippen LogP contribution in [0.2, 0.25) is 0 Å². The molecule has 0 atom stereocenters. The summed E-state index contributed by atoms with van der Waals surface area (Å²) in [6, 6.07) is 4.21. The van der Waals surface area contributed by atoms with Gasteiger partial charge in [0.25, 0.3) is 0 Å². The van der Waals surface area contributed by atoms with E-state index in [1.54, 1.807) is 0 Å². The van der Waals surface area contributed by atoms with Crippen molar-refractivity contribution in [1.29, 1.82) is 5.26 Å². The standard InChI is InChI=1S/C14H21N3/c1-11-12(7-13(8-15)17(11)3)9-16-10-14(2)5-4-6-14/h7,16H,4-6,9-10H2,1-3H3. The zero-order valence-corrected chi connectivity index (χ0v) is 11.0. The van der Waals surface area contributed by atoms with E-state index in [0.29, 0.717) is 5.41 Å². The molecule has 2 rings (SSSR count). The Labute approximate surface area is 103 Å². The predicted octanol–water partition coefficient (Wildman–Crippen LogP) is 2.49. The van der Waals surface area contributed by atoms with Crippen molar-refractivity contribution in [3.63, 3.8) is 0 Å². The summed E-state index contributed by atoms with van der Waals surface area (Å²) in [6.45, 7) is 6.38. The Balaban J connectivity index is 1.93. The summed E-state index contributed by atoms with van der Waals surface area (Å²) in [5.41, 5.74) is 3.69. The van der Waals surface area contributed by atoms with Gasteiger partial charge in [-0.15, -0.1) is 0 Å². The van der Waals surface area contributed by atoms with Gasteiger partial charge in [0, 0.05) is 25.8 Å². The minimum Gasteiger partial charge on any atom is -0.340 e. The Morgan fingerprint density at radius 2 is 2.24 bits per heavy atom. The van der Waals surface area contributed by atoms with Gasteiger partial charge in [0.2, 0.25) is 0 Å². The molecule has 17 heavy (non-hydrogen) atoms. The molecule has 0 radical (unpaired) electrons. The highest BCUT2D eigenvalue weighted by Gasteiger charge is 2.30. The molecule has 0 aromatic carbocycles. The van der Waals surface area contributed by atoms with Crippen LogP contribution >= 0.6 is 0 Å². The molecule has 1 N–H and O–H groups in total. The van der Waals surface area contributed by atoms with Gasteiger partial charge in [-0.3, -0.25) is 0 Å². The molecule has 1 aliphatic rings. The highest BCUT2D eigenvalue weighted by molar-refractivity contribution is 5.34. The molecule has 0 bridgehead atoms. The van der Waals surface area contributed by atoms with Crippen LogP contribution in [0.4, 0.5) is 0 Å². The highest BCUT2D eigenvalue weighted by atomic mass is 15.0. The van der Waals surface area contributed by atoms with Gasteiger partial charge >= 0.3 is 0 Å². The molecule has 0 spiro atoms. The molecule has 3 heteroatoms. The lowest BCUT2D eigenvalue weighted by Gasteiger charge is -2.38. The van der Waals surface area contributed by atoms with Crippen LogP contribution in [0.1, 0.15) is 43.1 Å². The van der Waals surface area contributed by atoms with Crippen molar-refractivity contribution in [1.82, 2.24) is 9.88 Å². The first-order valence-electron chi connectivity index (χ1n) is 6.32. The van der Waals surface area contributed by atoms with Crippen molar-refractivity contribution < 1.29 is 0 Å². The molecule has 3 nitrogen and oxygen atoms in total. The molecule has 92 valence electrons. The maximum absolute atomic E-state index is 8.97. The zero-order valence-electron chi connectivity index (χ0n) is 11.0. The van der Waals surface area contributed by atoms with Gasteiger partial charge in [0.05, 0.1) is 0 Å². The number of rotatable bonds is 4. The van der Waals surface area contributed by atoms with Crippen LogP contribution in [0.5, 0.6) is 0 Å². The smallest absolute Gasteiger partial charge is 0.120 e. The van der Waals surface area contributed by atoms with Gasteiger partial charge in [0.1, 0.15) is 11.8 Å². The molecule has 0 amide bonds. The fraction of sp³-hybridized carbons (Fsp3) is 0.643. The number of nitrogens with zero attached hydrogens (tertiary/aromatic N) is 2. The van der Waals surface area contributed by atoms with Gasteiger partial charge in [-0.05, 0) is 36.8 Å². The minimum absolute atomic E-state index is 0.515. The molecule has 1 aromatic rings. The zero-order chi connectivity index (χ0) is 12.5. The molecule has 1 heterocycles. The number of hydrogen-bond acceptors (Lipinski definition) is 2. The third-order valence-corrected chi connectivity index (χ3v) is 4.18. The van der Waals surface area contributed by atoms with Crippen molar-refractivity contribution in [2.45, 2.75) is 39.7 Å². The van der Waals surface area contributed by atoms with Crippen LogP contribution < -0.4 is 5.32 Å². The fourth-order valence-corrected chi connectivity index (χ4v) is 2.50. The van der Waals surface area contributed by atoms with E-state index in [0.717, 1.165) is 18.8 Å². The molecule has 1 aliphatic carbocycles.